The first-order chi connectivity index (χ1) is 21.7. The van der Waals surface area contributed by atoms with Gasteiger partial charge in [0, 0.05) is 50.9 Å². The van der Waals surface area contributed by atoms with Crippen LogP contribution < -0.4 is 9.64 Å². The van der Waals surface area contributed by atoms with Crippen LogP contribution in [0.4, 0.5) is 19.0 Å². The number of ether oxygens (including phenoxy) is 1. The molecule has 3 aliphatic rings. The van der Waals surface area contributed by atoms with Crippen LogP contribution in [0.2, 0.25) is 0 Å². The van der Waals surface area contributed by atoms with Crippen molar-refractivity contribution in [3.05, 3.63) is 66.4 Å². The molecule has 3 fully saturated rings. The minimum absolute atomic E-state index is 0.0129. The van der Waals surface area contributed by atoms with Gasteiger partial charge >= 0.3 is 6.01 Å². The van der Waals surface area contributed by atoms with Crippen molar-refractivity contribution in [2.45, 2.75) is 50.4 Å². The van der Waals surface area contributed by atoms with Crippen molar-refractivity contribution in [3.63, 3.8) is 0 Å². The predicted molar refractivity (Wildman–Crippen MR) is 167 cm³/mol. The van der Waals surface area contributed by atoms with E-state index in [1.54, 1.807) is 36.2 Å². The average Bonchev–Trinajstić information content (AvgIpc) is 3.76. The van der Waals surface area contributed by atoms with E-state index in [1.807, 2.05) is 18.0 Å². The number of carbonyl (C=O) groups is 1. The summed E-state index contributed by atoms with van der Waals surface area (Å²) in [7, 11) is 1.85. The van der Waals surface area contributed by atoms with E-state index >= 15 is 4.39 Å². The fourth-order valence-corrected chi connectivity index (χ4v) is 7.48. The number of aromatic nitrogens is 3. The van der Waals surface area contributed by atoms with Gasteiger partial charge in [-0.15, -0.1) is 0 Å². The lowest BCUT2D eigenvalue weighted by Gasteiger charge is -2.31. The van der Waals surface area contributed by atoms with Crippen LogP contribution >= 0.6 is 0 Å². The van der Waals surface area contributed by atoms with Crippen LogP contribution in [0, 0.1) is 18.6 Å². The Morgan fingerprint density at radius 2 is 2.04 bits per heavy atom. The molecule has 2 aromatic carbocycles. The first kappa shape index (κ1) is 29.5. The Labute approximate surface area is 259 Å². The molecule has 234 valence electrons. The normalized spacial score (nSPS) is 23.2. The number of rotatable bonds is 7. The molecule has 0 spiro atoms. The van der Waals surface area contributed by atoms with Gasteiger partial charge in [-0.1, -0.05) is 30.8 Å². The summed E-state index contributed by atoms with van der Waals surface area (Å²) in [5, 5.41) is 1.72. The van der Waals surface area contributed by atoms with Crippen molar-refractivity contribution in [2.75, 3.05) is 44.7 Å². The van der Waals surface area contributed by atoms with E-state index < -0.39 is 17.5 Å². The molecule has 0 unspecified atom stereocenters. The van der Waals surface area contributed by atoms with Gasteiger partial charge in [-0.2, -0.15) is 9.97 Å². The maximum Gasteiger partial charge on any atom is 0.319 e. The molecule has 0 N–H and O–H groups in total. The number of benzene rings is 2. The molecule has 0 bridgehead atoms. The number of halogens is 3. The molecule has 4 aromatic rings. The molecule has 7 rings (SSSR count). The van der Waals surface area contributed by atoms with Gasteiger partial charge < -0.3 is 14.5 Å². The third-order valence-electron chi connectivity index (χ3n) is 9.90. The van der Waals surface area contributed by atoms with Crippen molar-refractivity contribution in [1.29, 1.82) is 0 Å². The summed E-state index contributed by atoms with van der Waals surface area (Å²) >= 11 is 0. The summed E-state index contributed by atoms with van der Waals surface area (Å²) in [5.41, 5.74) is 0.479. The number of likely N-dealkylation sites (N-methyl/N-ethyl adjacent to an activating group) is 1. The minimum Gasteiger partial charge on any atom is -0.461 e. The Morgan fingerprint density at radius 3 is 2.87 bits per heavy atom. The average molecular weight is 617 g/mol. The second-order valence-electron chi connectivity index (χ2n) is 12.5. The number of hydrogen-bond acceptors (Lipinski definition) is 7. The quantitative estimate of drug-likeness (QED) is 0.250. The summed E-state index contributed by atoms with van der Waals surface area (Å²) < 4.78 is 52.0. The summed E-state index contributed by atoms with van der Waals surface area (Å²) in [6, 6.07) is 8.32. The highest BCUT2D eigenvalue weighted by Crippen LogP contribution is 2.41. The highest BCUT2D eigenvalue weighted by atomic mass is 19.1. The fraction of sp³-hybridized carbons (Fsp3) is 0.412. The Hall–Kier alpha value is -4.25. The highest BCUT2D eigenvalue weighted by Gasteiger charge is 2.49. The highest BCUT2D eigenvalue weighted by molar-refractivity contribution is 6.00. The van der Waals surface area contributed by atoms with Crippen molar-refractivity contribution in [1.82, 2.24) is 24.8 Å². The number of carbonyl (C=O) groups excluding carboxylic acids is 1. The summed E-state index contributed by atoms with van der Waals surface area (Å²) in [4.78, 5) is 31.9. The van der Waals surface area contributed by atoms with E-state index in [-0.39, 0.29) is 41.6 Å². The second-order valence-corrected chi connectivity index (χ2v) is 12.5. The first-order valence-electron chi connectivity index (χ1n) is 15.4. The molecule has 3 saturated heterocycles. The van der Waals surface area contributed by atoms with Gasteiger partial charge in [-0.05, 0) is 61.2 Å². The molecule has 1 amide bonds. The van der Waals surface area contributed by atoms with Gasteiger partial charge in [-0.25, -0.2) is 13.2 Å². The molecule has 3 atom stereocenters. The smallest absolute Gasteiger partial charge is 0.319 e. The van der Waals surface area contributed by atoms with Crippen LogP contribution in [0.1, 0.15) is 31.2 Å². The van der Waals surface area contributed by atoms with E-state index in [2.05, 4.69) is 21.4 Å². The molecule has 11 heteroatoms. The van der Waals surface area contributed by atoms with Crippen molar-refractivity contribution in [2.24, 2.45) is 0 Å². The zero-order valence-corrected chi connectivity index (χ0v) is 25.4. The first-order valence-corrected chi connectivity index (χ1v) is 15.4. The second kappa shape index (κ2) is 11.3. The summed E-state index contributed by atoms with van der Waals surface area (Å²) in [5.74, 6) is -0.793. The van der Waals surface area contributed by atoms with Gasteiger partial charge in [0.15, 0.2) is 5.82 Å². The Morgan fingerprint density at radius 1 is 1.20 bits per heavy atom. The molecule has 3 aliphatic heterocycles. The maximum atomic E-state index is 16.7. The lowest BCUT2D eigenvalue weighted by atomic mass is 9.95. The largest absolute Gasteiger partial charge is 0.461 e. The monoisotopic (exact) mass is 616 g/mol. The number of anilines is 1. The lowest BCUT2D eigenvalue weighted by Crippen LogP contribution is -2.43. The van der Waals surface area contributed by atoms with Crippen LogP contribution in [-0.4, -0.2) is 88.2 Å². The zero-order valence-electron chi connectivity index (χ0n) is 25.4. The van der Waals surface area contributed by atoms with Crippen molar-refractivity contribution in [3.8, 4) is 17.3 Å². The number of aryl methyl sites for hydroxylation is 1. The van der Waals surface area contributed by atoms with Crippen LogP contribution in [0.25, 0.3) is 32.9 Å². The molecule has 45 heavy (non-hydrogen) atoms. The number of hydrogen-bond donors (Lipinski definition) is 0. The van der Waals surface area contributed by atoms with E-state index in [9.17, 15) is 13.6 Å². The van der Waals surface area contributed by atoms with Crippen LogP contribution in [0.3, 0.4) is 0 Å². The predicted octanol–water partition coefficient (Wildman–Crippen LogP) is 5.61. The van der Waals surface area contributed by atoms with Crippen molar-refractivity contribution < 1.29 is 22.7 Å². The third-order valence-corrected chi connectivity index (χ3v) is 9.90. The molecule has 0 saturated carbocycles. The Bertz CT molecular complexity index is 1840. The molecule has 8 nitrogen and oxygen atoms in total. The third kappa shape index (κ3) is 4.97. The van der Waals surface area contributed by atoms with Gasteiger partial charge in [0.25, 0.3) is 0 Å². The Balaban J connectivity index is 1.33. The van der Waals surface area contributed by atoms with Crippen LogP contribution in [0.5, 0.6) is 6.01 Å². The molecule has 0 aliphatic carbocycles. The number of likely N-dealkylation sites (tertiary alicyclic amines) is 1. The van der Waals surface area contributed by atoms with E-state index in [0.717, 1.165) is 24.8 Å². The Kier molecular flexibility index (Phi) is 7.38. The molecular weight excluding hydrogens is 581 g/mol. The van der Waals surface area contributed by atoms with Crippen LogP contribution in [0.15, 0.2) is 49.2 Å². The summed E-state index contributed by atoms with van der Waals surface area (Å²) in [6.07, 6.45) is 4.75. The fourth-order valence-electron chi connectivity index (χ4n) is 7.48. The number of nitrogens with zero attached hydrogens (tertiary/aromatic N) is 6. The van der Waals surface area contributed by atoms with Gasteiger partial charge in [0.2, 0.25) is 5.91 Å². The number of pyridine rings is 1. The molecule has 0 radical (unpaired) electrons. The topological polar surface area (TPSA) is 74.7 Å². The van der Waals surface area contributed by atoms with Gasteiger partial charge in [0.05, 0.1) is 10.9 Å². The SMILES string of the molecule is C=CC(=O)N1CC[C@@H](N(C)c2nc(OC[C@@]34CCCN3C[C@H](F)C4)nc3c(F)c(-c4cccc5ccc(F)c(C)c45)ncc23)C1. The van der Waals surface area contributed by atoms with E-state index in [4.69, 9.17) is 9.72 Å². The number of amides is 1. The minimum atomic E-state index is -0.920. The molecular formula is C34H35F3N6O2. The lowest BCUT2D eigenvalue weighted by molar-refractivity contribution is -0.125. The number of alkyl halides is 1. The maximum absolute atomic E-state index is 16.7. The zero-order chi connectivity index (χ0) is 31.5. The van der Waals surface area contributed by atoms with E-state index in [0.29, 0.717) is 60.2 Å². The van der Waals surface area contributed by atoms with Gasteiger partial charge in [0.1, 0.15) is 35.6 Å². The molecule has 2 aromatic heterocycles. The summed E-state index contributed by atoms with van der Waals surface area (Å²) in [6.45, 7) is 7.66. The van der Waals surface area contributed by atoms with Crippen molar-refractivity contribution >= 4 is 33.4 Å². The van der Waals surface area contributed by atoms with Gasteiger partial charge in [-0.3, -0.25) is 14.7 Å². The number of fused-ring (bicyclic) bond motifs is 3. The standard InChI is InChI=1S/C34H35F3N6O2/c1-4-27(44)42-14-11-23(18-42)41(3)32-25-16-38-30(24-8-5-7-21-9-10-26(36)20(2)28(21)24)29(37)31(25)39-33(40-32)45-19-34-12-6-13-43(34)17-22(35)15-34/h4-5,7-10,16,22-23H,1,6,11-15,17-19H2,2-3H3/t22-,23-,34+/m1/s1. The van der Waals surface area contributed by atoms with E-state index in [1.165, 1.54) is 12.1 Å². The van der Waals surface area contributed by atoms with Crippen LogP contribution in [-0.2, 0) is 4.79 Å². The molecule has 5 heterocycles.